The van der Waals surface area contributed by atoms with Gasteiger partial charge in [0.1, 0.15) is 4.83 Å². The summed E-state index contributed by atoms with van der Waals surface area (Å²) < 4.78 is 6.08. The molecule has 0 amide bonds. The Hall–Kier alpha value is -3.70. The van der Waals surface area contributed by atoms with Crippen LogP contribution in [0.5, 0.6) is 0 Å². The number of aryl methyl sites for hydroxylation is 4. The van der Waals surface area contributed by atoms with Gasteiger partial charge in [-0.05, 0) is 62.3 Å². The number of aromatic nitrogens is 3. The smallest absolute Gasteiger partial charge is 0.216 e. The predicted octanol–water partition coefficient (Wildman–Crippen LogP) is 8.84. The second kappa shape index (κ2) is 11.2. The molecular weight excluding hydrogens is 679 g/mol. The molecule has 0 saturated heterocycles. The minimum Gasteiger partial charge on any atom is -0.486 e. The zero-order valence-corrected chi connectivity index (χ0v) is 25.2. The molecule has 0 atom stereocenters. The van der Waals surface area contributed by atoms with E-state index < -0.39 is 0 Å². The van der Waals surface area contributed by atoms with Crippen LogP contribution in [0, 0.1) is 39.8 Å². The van der Waals surface area contributed by atoms with Crippen molar-refractivity contribution in [3.05, 3.63) is 113 Å². The van der Waals surface area contributed by atoms with E-state index in [9.17, 15) is 0 Å². The summed E-state index contributed by atoms with van der Waals surface area (Å²) in [6, 6.07) is 30.6. The maximum Gasteiger partial charge on any atom is 0.216 e. The van der Waals surface area contributed by atoms with Gasteiger partial charge < -0.3 is 9.40 Å². The van der Waals surface area contributed by atoms with Gasteiger partial charge in [-0.3, -0.25) is 4.98 Å². The Morgan fingerprint density at radius 2 is 1.56 bits per heavy atom. The second-order valence-corrected chi connectivity index (χ2v) is 10.5. The van der Waals surface area contributed by atoms with E-state index in [1.165, 1.54) is 21.4 Å². The fourth-order valence-corrected chi connectivity index (χ4v) is 5.47. The van der Waals surface area contributed by atoms with Crippen molar-refractivity contribution in [1.29, 1.82) is 0 Å². The third-order valence-electron chi connectivity index (χ3n) is 6.63. The molecule has 2 aromatic carbocycles. The first-order valence-electron chi connectivity index (χ1n) is 12.5. The monoisotopic (exact) mass is 704 g/mol. The van der Waals surface area contributed by atoms with E-state index in [0.29, 0.717) is 5.71 Å². The summed E-state index contributed by atoms with van der Waals surface area (Å²) in [5, 5.41) is 3.30. The molecule has 4 nitrogen and oxygen atoms in total. The molecule has 7 aromatic rings. The number of fused-ring (bicyclic) bond motifs is 4. The van der Waals surface area contributed by atoms with Gasteiger partial charge in [-0.1, -0.05) is 35.2 Å². The second-order valence-electron chi connectivity index (χ2n) is 9.33. The van der Waals surface area contributed by atoms with E-state index in [1.54, 1.807) is 11.3 Å². The topological polar surface area (TPSA) is 51.8 Å². The van der Waals surface area contributed by atoms with Crippen LogP contribution in [0.4, 0.5) is 0 Å². The SMILES string of the molecule is Cc1ccc(-c2[c-]cccc2)nc1.Cc1ccc2c(n1)oc1c(-c3ccc4c(C)c(C)sc4n3)[c-]ccc12.[Ir]. The van der Waals surface area contributed by atoms with Crippen LogP contribution in [0.1, 0.15) is 21.7 Å². The molecule has 0 aliphatic rings. The van der Waals surface area contributed by atoms with Crippen LogP contribution in [0.25, 0.3) is 54.8 Å². The first-order valence-corrected chi connectivity index (χ1v) is 13.3. The van der Waals surface area contributed by atoms with E-state index >= 15 is 0 Å². The summed E-state index contributed by atoms with van der Waals surface area (Å²) in [6.45, 7) is 8.29. The Kier molecular flexibility index (Phi) is 7.71. The van der Waals surface area contributed by atoms with Crippen molar-refractivity contribution in [2.45, 2.75) is 27.7 Å². The number of hydrogen-bond donors (Lipinski definition) is 0. The number of furan rings is 1. The molecule has 0 unspecified atom stereocenters. The average molecular weight is 704 g/mol. The Morgan fingerprint density at radius 1 is 0.744 bits per heavy atom. The van der Waals surface area contributed by atoms with E-state index in [0.717, 1.165) is 49.4 Å². The zero-order chi connectivity index (χ0) is 26.2. The standard InChI is InChI=1S/C21H15N2OS.C12H10N.Ir/c1-11-7-8-16-15-5-4-6-17(19(15)24-20(16)22-11)18-10-9-14-12(2)13(3)25-21(14)23-18;1-10-7-8-12(13-9-10)11-5-3-2-4-6-11;/h4-5,7-10H,1-3H3;2-5,7-9H,1H3;/q2*-1;. The first-order chi connectivity index (χ1) is 18.5. The summed E-state index contributed by atoms with van der Waals surface area (Å²) in [5.41, 5.74) is 8.69. The van der Waals surface area contributed by atoms with Crippen LogP contribution in [-0.4, -0.2) is 15.0 Å². The maximum atomic E-state index is 6.08. The average Bonchev–Trinajstić information content (AvgIpc) is 3.45. The van der Waals surface area contributed by atoms with Crippen LogP contribution in [0.2, 0.25) is 0 Å². The van der Waals surface area contributed by atoms with Gasteiger partial charge in [0.2, 0.25) is 5.71 Å². The molecule has 39 heavy (non-hydrogen) atoms. The third kappa shape index (κ3) is 5.28. The largest absolute Gasteiger partial charge is 0.486 e. The van der Waals surface area contributed by atoms with Crippen molar-refractivity contribution < 1.29 is 24.5 Å². The normalized spacial score (nSPS) is 10.9. The molecule has 195 valence electrons. The first kappa shape index (κ1) is 26.9. The van der Waals surface area contributed by atoms with E-state index in [1.807, 2.05) is 68.6 Å². The molecule has 0 saturated carbocycles. The van der Waals surface area contributed by atoms with Gasteiger partial charge in [0.05, 0.1) is 5.58 Å². The van der Waals surface area contributed by atoms with Crippen LogP contribution in [-0.2, 0) is 20.1 Å². The van der Waals surface area contributed by atoms with Crippen molar-refractivity contribution >= 4 is 43.6 Å². The summed E-state index contributed by atoms with van der Waals surface area (Å²) in [5.74, 6) is 0. The van der Waals surface area contributed by atoms with Gasteiger partial charge >= 0.3 is 0 Å². The Labute approximate surface area is 245 Å². The number of benzene rings is 2. The molecule has 0 N–H and O–H groups in total. The van der Waals surface area contributed by atoms with Crippen molar-refractivity contribution in [2.24, 2.45) is 0 Å². The van der Waals surface area contributed by atoms with Gasteiger partial charge in [-0.15, -0.1) is 65.4 Å². The van der Waals surface area contributed by atoms with Crippen LogP contribution < -0.4 is 0 Å². The van der Waals surface area contributed by atoms with Gasteiger partial charge in [0.25, 0.3) is 0 Å². The fourth-order valence-electron chi connectivity index (χ4n) is 4.44. The molecule has 0 aliphatic heterocycles. The number of hydrogen-bond acceptors (Lipinski definition) is 5. The maximum absolute atomic E-state index is 6.08. The van der Waals surface area contributed by atoms with E-state index in [4.69, 9.17) is 9.40 Å². The van der Waals surface area contributed by atoms with Gasteiger partial charge in [0.15, 0.2) is 0 Å². The minimum atomic E-state index is 0. The Balaban J connectivity index is 0.000000187. The molecule has 0 aliphatic carbocycles. The molecule has 1 radical (unpaired) electrons. The summed E-state index contributed by atoms with van der Waals surface area (Å²) >= 11 is 1.73. The number of rotatable bonds is 2. The van der Waals surface area contributed by atoms with Crippen molar-refractivity contribution in [1.82, 2.24) is 15.0 Å². The number of pyridine rings is 3. The van der Waals surface area contributed by atoms with Crippen molar-refractivity contribution in [3.63, 3.8) is 0 Å². The van der Waals surface area contributed by atoms with Gasteiger partial charge in [-0.25, -0.2) is 4.98 Å². The zero-order valence-electron chi connectivity index (χ0n) is 22.0. The van der Waals surface area contributed by atoms with Crippen molar-refractivity contribution in [2.75, 3.05) is 0 Å². The van der Waals surface area contributed by atoms with Crippen LogP contribution >= 0.6 is 11.3 Å². The van der Waals surface area contributed by atoms with Crippen molar-refractivity contribution in [3.8, 4) is 22.5 Å². The molecule has 5 aromatic heterocycles. The van der Waals surface area contributed by atoms with Gasteiger partial charge in [0, 0.05) is 47.6 Å². The summed E-state index contributed by atoms with van der Waals surface area (Å²) in [6.07, 6.45) is 1.87. The van der Waals surface area contributed by atoms with E-state index in [-0.39, 0.29) is 20.1 Å². The molecule has 0 spiro atoms. The molecule has 0 bridgehead atoms. The van der Waals surface area contributed by atoms with E-state index in [2.05, 4.69) is 60.2 Å². The van der Waals surface area contributed by atoms with Crippen LogP contribution in [0.15, 0.2) is 83.4 Å². The Bertz CT molecular complexity index is 1910. The molecule has 0 fully saturated rings. The summed E-state index contributed by atoms with van der Waals surface area (Å²) in [7, 11) is 0. The Morgan fingerprint density at radius 3 is 2.33 bits per heavy atom. The molecule has 5 heterocycles. The predicted molar refractivity (Wildman–Crippen MR) is 156 cm³/mol. The quantitative estimate of drug-likeness (QED) is 0.169. The number of thiophene rings is 1. The number of nitrogens with zero attached hydrogens (tertiary/aromatic N) is 3. The molecule has 6 heteroatoms. The molecule has 7 rings (SSSR count). The summed E-state index contributed by atoms with van der Waals surface area (Å²) in [4.78, 5) is 16.1. The fraction of sp³-hybridized carbons (Fsp3) is 0.121. The third-order valence-corrected chi connectivity index (χ3v) is 7.75. The van der Waals surface area contributed by atoms with Gasteiger partial charge in [-0.2, -0.15) is 0 Å². The minimum absolute atomic E-state index is 0. The van der Waals surface area contributed by atoms with Crippen LogP contribution in [0.3, 0.4) is 0 Å². The molecular formula is C33H25IrN3OS-2.